The van der Waals surface area contributed by atoms with Crippen LogP contribution in [0.4, 0.5) is 0 Å². The first-order chi connectivity index (χ1) is 10.3. The number of rotatable bonds is 4. The van der Waals surface area contributed by atoms with E-state index in [2.05, 4.69) is 20.7 Å². The van der Waals surface area contributed by atoms with Crippen molar-refractivity contribution < 1.29 is 9.90 Å². The zero-order chi connectivity index (χ0) is 14.7. The van der Waals surface area contributed by atoms with E-state index in [1.54, 1.807) is 18.2 Å². The molecule has 6 heteroatoms. The number of aliphatic hydroxyl groups is 1. The molecule has 1 amide bonds. The number of aliphatic hydroxyl groups excluding tert-OH is 1. The Labute approximate surface area is 120 Å². The molecule has 0 fully saturated rings. The van der Waals surface area contributed by atoms with Gasteiger partial charge in [-0.1, -0.05) is 30.3 Å². The number of carbonyl (C=O) groups excluding carboxylic acids is 1. The van der Waals surface area contributed by atoms with Gasteiger partial charge in [0.1, 0.15) is 11.0 Å². The van der Waals surface area contributed by atoms with Gasteiger partial charge in [0.15, 0.2) is 0 Å². The Bertz CT molecular complexity index is 754. The highest BCUT2D eigenvalue weighted by Crippen LogP contribution is 2.14. The summed E-state index contributed by atoms with van der Waals surface area (Å²) in [5.74, 6) is -0.261. The molecule has 3 rings (SSSR count). The maximum atomic E-state index is 12.3. The van der Waals surface area contributed by atoms with E-state index < -0.39 is 6.04 Å². The topological polar surface area (TPSA) is 90.9 Å². The molecular formula is C15H14N4O2. The quantitative estimate of drug-likeness (QED) is 0.675. The molecule has 0 aliphatic carbocycles. The Morgan fingerprint density at radius 1 is 1.14 bits per heavy atom. The van der Waals surface area contributed by atoms with Crippen molar-refractivity contribution in [2.75, 3.05) is 6.61 Å². The lowest BCUT2D eigenvalue weighted by Gasteiger charge is -2.16. The number of aromatic nitrogens is 3. The maximum absolute atomic E-state index is 12.3. The van der Waals surface area contributed by atoms with Gasteiger partial charge in [-0.05, 0) is 23.8 Å². The summed E-state index contributed by atoms with van der Waals surface area (Å²) in [4.78, 5) is 12.3. The van der Waals surface area contributed by atoms with E-state index in [9.17, 15) is 9.90 Å². The minimum absolute atomic E-state index is 0.165. The number of hydrogen-bond acceptors (Lipinski definition) is 4. The van der Waals surface area contributed by atoms with Crippen LogP contribution in [0.25, 0.3) is 11.0 Å². The lowest BCUT2D eigenvalue weighted by Crippen LogP contribution is -2.30. The molecule has 3 aromatic rings. The molecule has 1 atom stereocenters. The van der Waals surface area contributed by atoms with Crippen molar-refractivity contribution in [2.45, 2.75) is 6.04 Å². The molecule has 0 aliphatic rings. The molecule has 0 spiro atoms. The fraction of sp³-hybridized carbons (Fsp3) is 0.133. The van der Waals surface area contributed by atoms with Crippen LogP contribution in [0, 0.1) is 0 Å². The van der Waals surface area contributed by atoms with Crippen LogP contribution in [-0.4, -0.2) is 33.0 Å². The third kappa shape index (κ3) is 2.75. The Hall–Kier alpha value is -2.73. The molecule has 2 aromatic carbocycles. The number of benzene rings is 2. The van der Waals surface area contributed by atoms with E-state index in [4.69, 9.17) is 0 Å². The minimum atomic E-state index is -0.438. The Balaban J connectivity index is 1.81. The van der Waals surface area contributed by atoms with Gasteiger partial charge in [-0.15, -0.1) is 0 Å². The molecule has 0 saturated carbocycles. The van der Waals surface area contributed by atoms with Crippen molar-refractivity contribution in [3.05, 3.63) is 59.7 Å². The van der Waals surface area contributed by atoms with Crippen molar-refractivity contribution in [1.29, 1.82) is 0 Å². The second-order valence-corrected chi connectivity index (χ2v) is 4.65. The SMILES string of the molecule is O=C(NC(CO)c1ccccc1)c1ccc2n[nH]nc2c1. The van der Waals surface area contributed by atoms with E-state index in [1.165, 1.54) is 0 Å². The number of nitrogens with one attached hydrogen (secondary N) is 2. The third-order valence-corrected chi connectivity index (χ3v) is 3.27. The number of hydrogen-bond donors (Lipinski definition) is 3. The van der Waals surface area contributed by atoms with E-state index in [0.717, 1.165) is 5.56 Å². The predicted octanol–water partition coefficient (Wildman–Crippen LogP) is 1.42. The normalized spacial score (nSPS) is 12.2. The molecule has 6 nitrogen and oxygen atoms in total. The number of H-pyrrole nitrogens is 1. The molecule has 0 saturated heterocycles. The summed E-state index contributed by atoms with van der Waals surface area (Å²) in [7, 11) is 0. The van der Waals surface area contributed by atoms with Crippen LogP contribution in [0.1, 0.15) is 22.0 Å². The van der Waals surface area contributed by atoms with Gasteiger partial charge in [0.25, 0.3) is 5.91 Å². The molecule has 3 N–H and O–H groups in total. The second kappa shape index (κ2) is 5.72. The first-order valence-corrected chi connectivity index (χ1v) is 6.55. The van der Waals surface area contributed by atoms with E-state index in [-0.39, 0.29) is 12.5 Å². The molecule has 0 radical (unpaired) electrons. The molecule has 1 heterocycles. The molecule has 0 bridgehead atoms. The highest BCUT2D eigenvalue weighted by Gasteiger charge is 2.15. The van der Waals surface area contributed by atoms with Crippen LogP contribution in [0.3, 0.4) is 0 Å². The van der Waals surface area contributed by atoms with Gasteiger partial charge in [-0.2, -0.15) is 15.4 Å². The third-order valence-electron chi connectivity index (χ3n) is 3.27. The van der Waals surface area contributed by atoms with Gasteiger partial charge in [0, 0.05) is 5.56 Å². The number of aromatic amines is 1. The van der Waals surface area contributed by atoms with Crippen molar-refractivity contribution in [3.8, 4) is 0 Å². The van der Waals surface area contributed by atoms with Crippen LogP contribution < -0.4 is 5.32 Å². The van der Waals surface area contributed by atoms with Crippen LogP contribution in [-0.2, 0) is 0 Å². The van der Waals surface area contributed by atoms with E-state index in [0.29, 0.717) is 16.6 Å². The second-order valence-electron chi connectivity index (χ2n) is 4.65. The zero-order valence-electron chi connectivity index (χ0n) is 11.2. The molecule has 1 unspecified atom stereocenters. The van der Waals surface area contributed by atoms with Gasteiger partial charge in [0.05, 0.1) is 12.6 Å². The number of amides is 1. The maximum Gasteiger partial charge on any atom is 0.251 e. The average Bonchev–Trinajstić information content (AvgIpc) is 3.00. The minimum Gasteiger partial charge on any atom is -0.394 e. The fourth-order valence-electron chi connectivity index (χ4n) is 2.14. The van der Waals surface area contributed by atoms with Crippen molar-refractivity contribution >= 4 is 16.9 Å². The Morgan fingerprint density at radius 2 is 1.90 bits per heavy atom. The summed E-state index contributed by atoms with van der Waals surface area (Å²) in [6, 6.07) is 14.0. The Kier molecular flexibility index (Phi) is 3.61. The lowest BCUT2D eigenvalue weighted by molar-refractivity contribution is 0.0916. The Morgan fingerprint density at radius 3 is 2.67 bits per heavy atom. The summed E-state index contributed by atoms with van der Waals surface area (Å²) in [5, 5.41) is 22.7. The van der Waals surface area contributed by atoms with E-state index >= 15 is 0 Å². The standard InChI is InChI=1S/C15H14N4O2/c20-9-14(10-4-2-1-3-5-10)16-15(21)11-6-7-12-13(8-11)18-19-17-12/h1-8,14,20H,9H2,(H,16,21)(H,17,18,19). The van der Waals surface area contributed by atoms with Crippen LogP contribution in [0.2, 0.25) is 0 Å². The zero-order valence-corrected chi connectivity index (χ0v) is 11.2. The first-order valence-electron chi connectivity index (χ1n) is 6.55. The summed E-state index contributed by atoms with van der Waals surface area (Å²) < 4.78 is 0. The highest BCUT2D eigenvalue weighted by molar-refractivity contribution is 5.97. The van der Waals surface area contributed by atoms with Gasteiger partial charge in [-0.3, -0.25) is 4.79 Å². The number of fused-ring (bicyclic) bond motifs is 1. The largest absolute Gasteiger partial charge is 0.394 e. The van der Waals surface area contributed by atoms with Gasteiger partial charge >= 0.3 is 0 Å². The number of nitrogens with zero attached hydrogens (tertiary/aromatic N) is 2. The van der Waals surface area contributed by atoms with Crippen LogP contribution >= 0.6 is 0 Å². The van der Waals surface area contributed by atoms with Gasteiger partial charge in [0.2, 0.25) is 0 Å². The lowest BCUT2D eigenvalue weighted by atomic mass is 10.1. The first kappa shape index (κ1) is 13.3. The monoisotopic (exact) mass is 282 g/mol. The summed E-state index contributed by atoms with van der Waals surface area (Å²) >= 11 is 0. The van der Waals surface area contributed by atoms with Gasteiger partial charge < -0.3 is 10.4 Å². The predicted molar refractivity (Wildman–Crippen MR) is 77.6 cm³/mol. The highest BCUT2D eigenvalue weighted by atomic mass is 16.3. The number of carbonyl (C=O) groups is 1. The molecular weight excluding hydrogens is 268 g/mol. The average molecular weight is 282 g/mol. The van der Waals surface area contributed by atoms with Crippen molar-refractivity contribution in [2.24, 2.45) is 0 Å². The molecule has 21 heavy (non-hydrogen) atoms. The smallest absolute Gasteiger partial charge is 0.251 e. The van der Waals surface area contributed by atoms with Gasteiger partial charge in [-0.25, -0.2) is 0 Å². The van der Waals surface area contributed by atoms with Crippen LogP contribution in [0.15, 0.2) is 48.5 Å². The summed E-state index contributed by atoms with van der Waals surface area (Å²) in [6.45, 7) is -0.165. The van der Waals surface area contributed by atoms with Crippen LogP contribution in [0.5, 0.6) is 0 Å². The summed E-state index contributed by atoms with van der Waals surface area (Å²) in [6.07, 6.45) is 0. The van der Waals surface area contributed by atoms with Crippen molar-refractivity contribution in [3.63, 3.8) is 0 Å². The molecule has 0 aliphatic heterocycles. The van der Waals surface area contributed by atoms with Crippen molar-refractivity contribution in [1.82, 2.24) is 20.7 Å². The molecule has 106 valence electrons. The van der Waals surface area contributed by atoms with E-state index in [1.807, 2.05) is 30.3 Å². The fourth-order valence-corrected chi connectivity index (χ4v) is 2.14. The summed E-state index contributed by atoms with van der Waals surface area (Å²) in [5.41, 5.74) is 2.66. The molecule has 1 aromatic heterocycles.